The zero-order chi connectivity index (χ0) is 17.1. The lowest BCUT2D eigenvalue weighted by Gasteiger charge is -2.20. The number of fused-ring (bicyclic) bond motifs is 1. The largest absolute Gasteiger partial charge is 0.486 e. The van der Waals surface area contributed by atoms with E-state index in [-0.39, 0.29) is 5.91 Å². The highest BCUT2D eigenvalue weighted by Crippen LogP contribution is 2.38. The summed E-state index contributed by atoms with van der Waals surface area (Å²) in [6.07, 6.45) is -0.256. The van der Waals surface area contributed by atoms with E-state index < -0.39 is 18.2 Å². The number of nitrogens with one attached hydrogen (secondary N) is 1. The lowest BCUT2D eigenvalue weighted by Crippen LogP contribution is -2.36. The first kappa shape index (κ1) is 16.9. The summed E-state index contributed by atoms with van der Waals surface area (Å²) < 4.78 is 16.2. The summed E-state index contributed by atoms with van der Waals surface area (Å²) in [5.41, 5.74) is 0.917. The van der Waals surface area contributed by atoms with Crippen molar-refractivity contribution in [3.63, 3.8) is 0 Å². The van der Waals surface area contributed by atoms with Crippen LogP contribution in [0.15, 0.2) is 12.1 Å². The van der Waals surface area contributed by atoms with E-state index in [1.165, 1.54) is 0 Å². The quantitative estimate of drug-likeness (QED) is 0.829. The van der Waals surface area contributed by atoms with Gasteiger partial charge in [0, 0.05) is 6.54 Å². The molecule has 2 aliphatic heterocycles. The smallest absolute Gasteiger partial charge is 0.332 e. The van der Waals surface area contributed by atoms with Crippen molar-refractivity contribution in [2.45, 2.75) is 31.5 Å². The molecule has 0 bridgehead atoms. The molecule has 1 amide bonds. The van der Waals surface area contributed by atoms with Gasteiger partial charge in [0.05, 0.1) is 5.02 Å². The fourth-order valence-electron chi connectivity index (χ4n) is 2.76. The molecular formula is C16H18ClNO6. The molecule has 0 radical (unpaired) electrons. The van der Waals surface area contributed by atoms with Crippen molar-refractivity contribution in [3.05, 3.63) is 22.7 Å². The van der Waals surface area contributed by atoms with Crippen molar-refractivity contribution < 1.29 is 28.9 Å². The predicted octanol–water partition coefficient (Wildman–Crippen LogP) is 1.40. The molecule has 2 aliphatic rings. The highest BCUT2D eigenvalue weighted by Gasteiger charge is 2.34. The first-order valence-corrected chi connectivity index (χ1v) is 8.16. The molecule has 2 atom stereocenters. The molecule has 0 aromatic heterocycles. The van der Waals surface area contributed by atoms with E-state index in [1.54, 1.807) is 6.07 Å². The number of hydrogen-bond donors (Lipinski definition) is 2. The summed E-state index contributed by atoms with van der Waals surface area (Å²) in [5.74, 6) is -0.160. The van der Waals surface area contributed by atoms with Crippen LogP contribution in [0.3, 0.4) is 0 Å². The van der Waals surface area contributed by atoms with Crippen molar-refractivity contribution in [1.82, 2.24) is 5.32 Å². The van der Waals surface area contributed by atoms with Crippen LogP contribution in [0.1, 0.15) is 18.4 Å². The second kappa shape index (κ2) is 7.27. The predicted molar refractivity (Wildman–Crippen MR) is 84.7 cm³/mol. The molecule has 3 rings (SSSR count). The Hall–Kier alpha value is -1.99. The van der Waals surface area contributed by atoms with E-state index in [4.69, 9.17) is 30.9 Å². The second-order valence-electron chi connectivity index (χ2n) is 5.67. The highest BCUT2D eigenvalue weighted by atomic mass is 35.5. The Bertz CT molecular complexity index is 650. The molecular weight excluding hydrogens is 338 g/mol. The lowest BCUT2D eigenvalue weighted by atomic mass is 10.1. The maximum atomic E-state index is 12.0. The molecule has 8 heteroatoms. The molecule has 2 heterocycles. The first-order valence-electron chi connectivity index (χ1n) is 7.78. The van der Waals surface area contributed by atoms with Gasteiger partial charge in [-0.2, -0.15) is 0 Å². The molecule has 2 N–H and O–H groups in total. The van der Waals surface area contributed by atoms with Crippen LogP contribution in [0.2, 0.25) is 5.02 Å². The summed E-state index contributed by atoms with van der Waals surface area (Å²) in [7, 11) is 0. The van der Waals surface area contributed by atoms with Gasteiger partial charge in [-0.25, -0.2) is 4.79 Å². The first-order chi connectivity index (χ1) is 11.5. The van der Waals surface area contributed by atoms with Crippen molar-refractivity contribution in [2.75, 3.05) is 19.8 Å². The van der Waals surface area contributed by atoms with E-state index in [2.05, 4.69) is 5.32 Å². The Labute approximate surface area is 143 Å². The number of halogens is 1. The number of rotatable bonds is 5. The van der Waals surface area contributed by atoms with E-state index in [1.807, 2.05) is 6.07 Å². The Kier molecular flexibility index (Phi) is 5.11. The van der Waals surface area contributed by atoms with Crippen LogP contribution in [0, 0.1) is 0 Å². The summed E-state index contributed by atoms with van der Waals surface area (Å²) in [6.45, 7) is 1.35. The third-order valence-electron chi connectivity index (χ3n) is 3.96. The van der Waals surface area contributed by atoms with Crippen molar-refractivity contribution in [3.8, 4) is 11.5 Å². The summed E-state index contributed by atoms with van der Waals surface area (Å²) in [4.78, 5) is 22.8. The fraction of sp³-hybridized carbons (Fsp3) is 0.500. The molecule has 0 saturated carbocycles. The molecule has 130 valence electrons. The van der Waals surface area contributed by atoms with E-state index in [0.717, 1.165) is 5.56 Å². The molecule has 0 spiro atoms. The van der Waals surface area contributed by atoms with Crippen molar-refractivity contribution in [2.24, 2.45) is 0 Å². The van der Waals surface area contributed by atoms with Gasteiger partial charge in [0.2, 0.25) is 5.91 Å². The Morgan fingerprint density at radius 1 is 1.21 bits per heavy atom. The number of carbonyl (C=O) groups excluding carboxylic acids is 1. The number of amides is 1. The number of ether oxygens (including phenoxy) is 3. The minimum atomic E-state index is -1.03. The normalized spacial score (nSPS) is 22.2. The van der Waals surface area contributed by atoms with Gasteiger partial charge in [0.1, 0.15) is 19.3 Å². The second-order valence-corrected chi connectivity index (χ2v) is 6.08. The van der Waals surface area contributed by atoms with Crippen LogP contribution in [0.4, 0.5) is 0 Å². The SMILES string of the molecule is O=C(NCCc1cc(Cl)c2c(c1)OCCO2)[C@@H]1CC[C@H](C(=O)O)O1. The minimum absolute atomic E-state index is 0.289. The van der Waals surface area contributed by atoms with Crippen LogP contribution in [-0.4, -0.2) is 48.9 Å². The summed E-state index contributed by atoms with van der Waals surface area (Å²) in [5, 5.41) is 12.1. The number of carbonyl (C=O) groups is 2. The number of benzene rings is 1. The van der Waals surface area contributed by atoms with E-state index in [9.17, 15) is 9.59 Å². The zero-order valence-corrected chi connectivity index (χ0v) is 13.7. The van der Waals surface area contributed by atoms with Gasteiger partial charge < -0.3 is 24.6 Å². The molecule has 1 aromatic rings. The molecule has 1 saturated heterocycles. The fourth-order valence-corrected chi connectivity index (χ4v) is 3.05. The standard InChI is InChI=1S/C16H18ClNO6/c17-10-7-9(8-13-14(10)23-6-5-22-13)3-4-18-15(19)11-1-2-12(24-11)16(20)21/h7-8,11-12H,1-6H2,(H,18,19)(H,20,21)/t11-,12+/m0/s1. The molecule has 1 fully saturated rings. The van der Waals surface area contributed by atoms with Gasteiger partial charge in [0.25, 0.3) is 0 Å². The van der Waals surface area contributed by atoms with Crippen LogP contribution in [0.5, 0.6) is 11.5 Å². The van der Waals surface area contributed by atoms with Gasteiger partial charge in [-0.3, -0.25) is 4.79 Å². The van der Waals surface area contributed by atoms with E-state index >= 15 is 0 Å². The van der Waals surface area contributed by atoms with Crippen LogP contribution in [-0.2, 0) is 20.7 Å². The third kappa shape index (κ3) is 3.73. The van der Waals surface area contributed by atoms with Crippen LogP contribution >= 0.6 is 11.6 Å². The third-order valence-corrected chi connectivity index (χ3v) is 4.24. The minimum Gasteiger partial charge on any atom is -0.486 e. The zero-order valence-electron chi connectivity index (χ0n) is 12.9. The Morgan fingerprint density at radius 3 is 2.71 bits per heavy atom. The molecule has 0 aliphatic carbocycles. The number of aliphatic carboxylic acids is 1. The number of carboxylic acid groups (broad SMARTS) is 1. The van der Waals surface area contributed by atoms with Crippen molar-refractivity contribution in [1.29, 1.82) is 0 Å². The van der Waals surface area contributed by atoms with Gasteiger partial charge in [-0.05, 0) is 37.0 Å². The van der Waals surface area contributed by atoms with Crippen LogP contribution < -0.4 is 14.8 Å². The molecule has 24 heavy (non-hydrogen) atoms. The van der Waals surface area contributed by atoms with Gasteiger partial charge >= 0.3 is 5.97 Å². The number of hydrogen-bond acceptors (Lipinski definition) is 5. The highest BCUT2D eigenvalue weighted by molar-refractivity contribution is 6.32. The van der Waals surface area contributed by atoms with E-state index in [0.29, 0.717) is 55.5 Å². The average Bonchev–Trinajstić information content (AvgIpc) is 3.05. The maximum absolute atomic E-state index is 12.0. The Morgan fingerprint density at radius 2 is 1.96 bits per heavy atom. The molecule has 1 aromatic carbocycles. The van der Waals surface area contributed by atoms with Gasteiger partial charge in [-0.1, -0.05) is 11.6 Å². The maximum Gasteiger partial charge on any atom is 0.332 e. The molecule has 7 nitrogen and oxygen atoms in total. The summed E-state index contributed by atoms with van der Waals surface area (Å²) in [6, 6.07) is 3.63. The van der Waals surface area contributed by atoms with Gasteiger partial charge in [0.15, 0.2) is 17.6 Å². The average molecular weight is 356 g/mol. The topological polar surface area (TPSA) is 94.1 Å². The molecule has 0 unspecified atom stereocenters. The van der Waals surface area contributed by atoms with Gasteiger partial charge in [-0.15, -0.1) is 0 Å². The number of carboxylic acids is 1. The summed E-state index contributed by atoms with van der Waals surface area (Å²) >= 11 is 6.17. The monoisotopic (exact) mass is 355 g/mol. The van der Waals surface area contributed by atoms with Crippen molar-refractivity contribution >= 4 is 23.5 Å². The lowest BCUT2D eigenvalue weighted by molar-refractivity contribution is -0.151. The Balaban J connectivity index is 1.51. The van der Waals surface area contributed by atoms with Crippen LogP contribution in [0.25, 0.3) is 0 Å².